The van der Waals surface area contributed by atoms with E-state index in [0.717, 1.165) is 15.4 Å². The molecule has 1 nitrogen and oxygen atoms in total. The molecule has 92 valence electrons. The SMILES string of the molecule is CC(C)(C)C(=O)[C]12[CH]3[CH]4[CH]5[CH]1[Fe]45321678[CH]2[CH]1[CH]6[CH]7[CH]28. The predicted molar refractivity (Wildman–Crippen MR) is 60.9 cm³/mol. The van der Waals surface area contributed by atoms with Gasteiger partial charge in [0, 0.05) is 0 Å². The van der Waals surface area contributed by atoms with Gasteiger partial charge in [0.05, 0.1) is 0 Å². The summed E-state index contributed by atoms with van der Waals surface area (Å²) in [5, 5.41) is 0. The molecular formula is C15H18FeO. The van der Waals surface area contributed by atoms with Crippen molar-refractivity contribution in [3.8, 4) is 0 Å². The Labute approximate surface area is 91.0 Å². The summed E-state index contributed by atoms with van der Waals surface area (Å²) >= 11 is 0. The second-order valence-electron chi connectivity index (χ2n) is 12.3. The minimum absolute atomic E-state index is 0.0299. The van der Waals surface area contributed by atoms with Gasteiger partial charge in [-0.15, -0.1) is 0 Å². The normalized spacial score (nSPS) is 120. The number of ketones is 1. The zero-order valence-electron chi connectivity index (χ0n) is 10.5. The van der Waals surface area contributed by atoms with Crippen LogP contribution in [0.2, 0.25) is 47.7 Å². The molecule has 10 rings (SSSR count). The molecule has 0 saturated carbocycles. The second kappa shape index (κ2) is 0.491. The van der Waals surface area contributed by atoms with Crippen LogP contribution >= 0.6 is 0 Å². The van der Waals surface area contributed by atoms with E-state index in [4.69, 9.17) is 0 Å². The van der Waals surface area contributed by atoms with Gasteiger partial charge in [0.25, 0.3) is 0 Å². The predicted octanol–water partition coefficient (Wildman–Crippen LogP) is 4.36. The Morgan fingerprint density at radius 1 is 0.882 bits per heavy atom. The molecule has 10 fully saturated rings. The zero-order chi connectivity index (χ0) is 11.1. The Hall–Kier alpha value is 0.189. The van der Waals surface area contributed by atoms with Gasteiger partial charge in [0.2, 0.25) is 0 Å². The van der Waals surface area contributed by atoms with Gasteiger partial charge >= 0.3 is 90.9 Å². The summed E-state index contributed by atoms with van der Waals surface area (Å²) in [5.74, 6) is 0.802. The van der Waals surface area contributed by atoms with Gasteiger partial charge in [-0.25, -0.2) is 0 Å². The van der Waals surface area contributed by atoms with Gasteiger partial charge in [-0.1, -0.05) is 0 Å². The van der Waals surface area contributed by atoms with E-state index in [1.807, 2.05) is 0 Å². The zero-order valence-corrected chi connectivity index (χ0v) is 11.6. The van der Waals surface area contributed by atoms with Crippen molar-refractivity contribution < 1.29 is 11.3 Å². The monoisotopic (exact) mass is 270 g/mol. The molecule has 2 heteroatoms. The Morgan fingerprint density at radius 3 is 1.47 bits per heavy atom. The number of carbonyl (C=O) groups is 1. The average molecular weight is 270 g/mol. The summed E-state index contributed by atoms with van der Waals surface area (Å²) in [6, 6.07) is 0. The molecular weight excluding hydrogens is 252 g/mol. The van der Waals surface area contributed by atoms with Crippen molar-refractivity contribution in [2.75, 3.05) is 0 Å². The molecule has 4 unspecified atom stereocenters. The maximum absolute atomic E-state index is 13.3. The van der Waals surface area contributed by atoms with Crippen LogP contribution in [0.1, 0.15) is 20.8 Å². The van der Waals surface area contributed by atoms with Gasteiger partial charge in [0.1, 0.15) is 0 Å². The first kappa shape index (κ1) is 6.57. The Bertz CT molecular complexity index is 930. The maximum atomic E-state index is 13.3. The molecule has 10 aliphatic rings. The molecule has 0 aromatic heterocycles. The van der Waals surface area contributed by atoms with Crippen LogP contribution in [-0.2, 0) is 11.3 Å². The molecule has 10 heterocycles. The molecule has 0 bridgehead atoms. The van der Waals surface area contributed by atoms with Gasteiger partial charge in [-0.3, -0.25) is 0 Å². The summed E-state index contributed by atoms with van der Waals surface area (Å²) in [4.78, 5) is 24.7. The fourth-order valence-corrected chi connectivity index (χ4v) is 91.4. The molecule has 0 radical (unpaired) electrons. The van der Waals surface area contributed by atoms with Crippen molar-refractivity contribution in [3.63, 3.8) is 0 Å². The Balaban J connectivity index is 1.62. The molecule has 0 aliphatic carbocycles. The van der Waals surface area contributed by atoms with Crippen LogP contribution in [0.25, 0.3) is 0 Å². The van der Waals surface area contributed by atoms with Gasteiger partial charge in [0.15, 0.2) is 0 Å². The third-order valence-electron chi connectivity index (χ3n) is 15.7. The van der Waals surface area contributed by atoms with E-state index >= 15 is 0 Å². The summed E-state index contributed by atoms with van der Waals surface area (Å²) in [6.07, 6.45) is 0. The fraction of sp³-hybridized carbons (Fsp3) is 0.933. The number of hydrogen-bond acceptors (Lipinski definition) is 1. The van der Waals surface area contributed by atoms with Crippen LogP contribution in [-0.4, -0.2) is 5.78 Å². The van der Waals surface area contributed by atoms with Crippen molar-refractivity contribution in [3.05, 3.63) is 0 Å². The number of fused-ring (bicyclic) bond motifs is 10. The van der Waals surface area contributed by atoms with E-state index < -0.39 is 6.51 Å². The van der Waals surface area contributed by atoms with E-state index in [1.165, 1.54) is 33.7 Å². The second-order valence-corrected chi connectivity index (χ2v) is 35.8. The molecule has 10 saturated heterocycles. The molecule has 1 spiro atoms. The summed E-state index contributed by atoms with van der Waals surface area (Å²) in [5.41, 5.74) is -0.0299. The number of Topliss-reactive ketones (excluding diaryl/α,β-unsaturated/α-hetero) is 1. The molecule has 0 aromatic rings. The molecule has 0 amide bonds. The number of carbonyl (C=O) groups excluding carboxylic acids is 1. The first-order valence-electron chi connectivity index (χ1n) is 7.46. The van der Waals surface area contributed by atoms with Crippen molar-refractivity contribution in [2.45, 2.75) is 68.4 Å². The quantitative estimate of drug-likeness (QED) is 0.647. The van der Waals surface area contributed by atoms with Crippen LogP contribution in [0.5, 0.6) is 0 Å². The third-order valence-corrected chi connectivity index (χ3v) is 58.0. The minimum atomic E-state index is -3.10. The van der Waals surface area contributed by atoms with Crippen LogP contribution in [0.15, 0.2) is 0 Å². The molecule has 0 aromatic carbocycles. The number of rotatable bonds is 1. The third kappa shape index (κ3) is 0.0643. The van der Waals surface area contributed by atoms with Gasteiger partial charge in [-0.2, -0.15) is 0 Å². The summed E-state index contributed by atoms with van der Waals surface area (Å²) in [7, 11) is 0. The average Bonchev–Trinajstić information content (AvgIpc) is 3.20. The first-order chi connectivity index (χ1) is 7.70. The van der Waals surface area contributed by atoms with Crippen LogP contribution in [0, 0.1) is 5.41 Å². The Morgan fingerprint density at radius 2 is 1.29 bits per heavy atom. The van der Waals surface area contributed by atoms with Crippen LogP contribution < -0.4 is 0 Å². The standard InChI is InChI=1S/C10H13O.C5H5.Fe/c1-10(2,3)9(11)8-6-4-5-7-8;1-2-4-5-3-1;/h4-7H,1-3H3;1-5H;. The van der Waals surface area contributed by atoms with E-state index in [9.17, 15) is 4.79 Å². The summed E-state index contributed by atoms with van der Waals surface area (Å²) in [6.45, 7) is 3.53. The summed E-state index contributed by atoms with van der Waals surface area (Å²) < 4.78 is 0.497. The first-order valence-corrected chi connectivity index (χ1v) is 13.8. The van der Waals surface area contributed by atoms with E-state index in [2.05, 4.69) is 20.8 Å². The van der Waals surface area contributed by atoms with Crippen molar-refractivity contribution >= 4 is 5.78 Å². The number of hydrogen-bond donors (Lipinski definition) is 0. The van der Waals surface area contributed by atoms with Crippen molar-refractivity contribution in [2.24, 2.45) is 5.41 Å². The fourth-order valence-electron chi connectivity index (χ4n) is 17.4. The Kier molecular flexibility index (Phi) is 0.190. The van der Waals surface area contributed by atoms with Crippen molar-refractivity contribution in [1.82, 2.24) is 0 Å². The van der Waals surface area contributed by atoms with E-state index in [-0.39, 0.29) is 5.41 Å². The topological polar surface area (TPSA) is 17.1 Å². The van der Waals surface area contributed by atoms with Gasteiger partial charge < -0.3 is 0 Å². The molecule has 4 atom stereocenters. The van der Waals surface area contributed by atoms with E-state index in [1.54, 1.807) is 0 Å². The molecule has 10 aliphatic heterocycles. The molecule has 0 N–H and O–H groups in total. The van der Waals surface area contributed by atoms with Crippen molar-refractivity contribution in [1.29, 1.82) is 0 Å². The van der Waals surface area contributed by atoms with Crippen LogP contribution in [0.4, 0.5) is 0 Å². The molecule has 17 heavy (non-hydrogen) atoms. The van der Waals surface area contributed by atoms with E-state index in [0.29, 0.717) is 4.31 Å². The van der Waals surface area contributed by atoms with Gasteiger partial charge in [-0.05, 0) is 0 Å². The van der Waals surface area contributed by atoms with Crippen LogP contribution in [0.3, 0.4) is 0 Å².